The molecule has 1 aliphatic heterocycles. The molecular weight excluding hydrogens is 242 g/mol. The molecule has 2 nitrogen and oxygen atoms in total. The van der Waals surface area contributed by atoms with E-state index in [0.717, 1.165) is 35.8 Å². The van der Waals surface area contributed by atoms with Crippen LogP contribution >= 0.6 is 15.9 Å². The van der Waals surface area contributed by atoms with E-state index in [-0.39, 0.29) is 5.91 Å². The van der Waals surface area contributed by atoms with Gasteiger partial charge in [0.05, 0.1) is 0 Å². The lowest BCUT2D eigenvalue weighted by Crippen LogP contribution is -2.22. The predicted molar refractivity (Wildman–Crippen MR) is 59.7 cm³/mol. The standard InChI is InChI=1S/C11H12BrNO/c12-7-8-3-4-9-2-1-5-13-11(14)10(9)6-8/h3-4,6H,1-2,5,7H2,(H,13,14). The van der Waals surface area contributed by atoms with Gasteiger partial charge in [-0.3, -0.25) is 4.79 Å². The zero-order valence-corrected chi connectivity index (χ0v) is 9.43. The Morgan fingerprint density at radius 2 is 2.29 bits per heavy atom. The number of carbonyl (C=O) groups is 1. The van der Waals surface area contributed by atoms with Crippen LogP contribution in [-0.4, -0.2) is 12.5 Å². The Morgan fingerprint density at radius 1 is 1.43 bits per heavy atom. The summed E-state index contributed by atoms with van der Waals surface area (Å²) in [6.45, 7) is 0.789. The molecule has 1 heterocycles. The van der Waals surface area contributed by atoms with Crippen molar-refractivity contribution in [1.82, 2.24) is 5.32 Å². The third-order valence-electron chi connectivity index (χ3n) is 2.48. The van der Waals surface area contributed by atoms with Crippen LogP contribution in [-0.2, 0) is 11.8 Å². The first-order chi connectivity index (χ1) is 6.81. The Hall–Kier alpha value is -0.830. The highest BCUT2D eigenvalue weighted by Crippen LogP contribution is 2.17. The van der Waals surface area contributed by atoms with Gasteiger partial charge in [0, 0.05) is 17.4 Å². The third kappa shape index (κ3) is 1.82. The molecule has 14 heavy (non-hydrogen) atoms. The molecule has 0 unspecified atom stereocenters. The summed E-state index contributed by atoms with van der Waals surface area (Å²) < 4.78 is 0. The van der Waals surface area contributed by atoms with Gasteiger partial charge in [-0.05, 0) is 30.0 Å². The molecule has 1 aromatic carbocycles. The van der Waals surface area contributed by atoms with Crippen molar-refractivity contribution in [1.29, 1.82) is 0 Å². The Balaban J connectivity index is 2.44. The van der Waals surface area contributed by atoms with Crippen molar-refractivity contribution in [2.45, 2.75) is 18.2 Å². The van der Waals surface area contributed by atoms with E-state index >= 15 is 0 Å². The molecule has 0 radical (unpaired) electrons. The van der Waals surface area contributed by atoms with Crippen LogP contribution in [0.25, 0.3) is 0 Å². The number of aryl methyl sites for hydroxylation is 1. The van der Waals surface area contributed by atoms with E-state index in [2.05, 4.69) is 33.4 Å². The van der Waals surface area contributed by atoms with E-state index in [4.69, 9.17) is 0 Å². The van der Waals surface area contributed by atoms with Crippen molar-refractivity contribution in [3.63, 3.8) is 0 Å². The normalized spacial score (nSPS) is 15.6. The summed E-state index contributed by atoms with van der Waals surface area (Å²) in [6, 6.07) is 6.12. The predicted octanol–water partition coefficient (Wildman–Crippen LogP) is 2.26. The summed E-state index contributed by atoms with van der Waals surface area (Å²) >= 11 is 3.39. The average Bonchev–Trinajstić information content (AvgIpc) is 2.40. The highest BCUT2D eigenvalue weighted by molar-refractivity contribution is 9.08. The van der Waals surface area contributed by atoms with E-state index < -0.39 is 0 Å². The van der Waals surface area contributed by atoms with Crippen molar-refractivity contribution < 1.29 is 4.79 Å². The van der Waals surface area contributed by atoms with Gasteiger partial charge in [-0.25, -0.2) is 0 Å². The fourth-order valence-electron chi connectivity index (χ4n) is 1.71. The Labute approximate surface area is 91.8 Å². The van der Waals surface area contributed by atoms with Crippen molar-refractivity contribution >= 4 is 21.8 Å². The van der Waals surface area contributed by atoms with Gasteiger partial charge in [0.15, 0.2) is 0 Å². The van der Waals surface area contributed by atoms with E-state index in [9.17, 15) is 4.79 Å². The van der Waals surface area contributed by atoms with Gasteiger partial charge in [-0.2, -0.15) is 0 Å². The molecule has 1 aliphatic rings. The number of hydrogen-bond acceptors (Lipinski definition) is 1. The molecule has 1 aromatic rings. The van der Waals surface area contributed by atoms with Gasteiger partial charge in [-0.1, -0.05) is 28.1 Å². The Morgan fingerprint density at radius 3 is 3.07 bits per heavy atom. The molecule has 74 valence electrons. The molecule has 0 fully saturated rings. The number of rotatable bonds is 1. The zero-order chi connectivity index (χ0) is 9.97. The lowest BCUT2D eigenvalue weighted by atomic mass is 10.0. The summed E-state index contributed by atoms with van der Waals surface area (Å²) in [5.41, 5.74) is 3.17. The van der Waals surface area contributed by atoms with E-state index in [1.54, 1.807) is 0 Å². The lowest BCUT2D eigenvalue weighted by Gasteiger charge is -2.05. The molecule has 0 aliphatic carbocycles. The van der Waals surface area contributed by atoms with Gasteiger partial charge in [0.1, 0.15) is 0 Å². The molecule has 3 heteroatoms. The number of alkyl halides is 1. The Bertz CT molecular complexity index is 362. The van der Waals surface area contributed by atoms with Crippen LogP contribution in [0.3, 0.4) is 0 Å². The van der Waals surface area contributed by atoms with Gasteiger partial charge >= 0.3 is 0 Å². The van der Waals surface area contributed by atoms with Gasteiger partial charge in [0.25, 0.3) is 5.91 Å². The SMILES string of the molecule is O=C1NCCCc2ccc(CBr)cc21. The first kappa shape index (κ1) is 9.71. The van der Waals surface area contributed by atoms with Crippen LogP contribution in [0.15, 0.2) is 18.2 Å². The third-order valence-corrected chi connectivity index (χ3v) is 3.13. The fraction of sp³-hybridized carbons (Fsp3) is 0.364. The number of benzene rings is 1. The van der Waals surface area contributed by atoms with Gasteiger partial charge in [-0.15, -0.1) is 0 Å². The highest BCUT2D eigenvalue weighted by Gasteiger charge is 2.14. The number of carbonyl (C=O) groups excluding carboxylic acids is 1. The smallest absolute Gasteiger partial charge is 0.251 e. The van der Waals surface area contributed by atoms with Crippen LogP contribution in [0.4, 0.5) is 0 Å². The average molecular weight is 254 g/mol. The lowest BCUT2D eigenvalue weighted by molar-refractivity contribution is 0.0956. The summed E-state index contributed by atoms with van der Waals surface area (Å²) in [4.78, 5) is 11.6. The minimum Gasteiger partial charge on any atom is -0.352 e. The molecule has 0 bridgehead atoms. The minimum atomic E-state index is 0.0697. The first-order valence-electron chi connectivity index (χ1n) is 4.77. The molecule has 0 atom stereocenters. The first-order valence-corrected chi connectivity index (χ1v) is 5.89. The van der Waals surface area contributed by atoms with Gasteiger partial charge in [0.2, 0.25) is 0 Å². The molecule has 0 aromatic heterocycles. The maximum Gasteiger partial charge on any atom is 0.251 e. The summed E-state index contributed by atoms with van der Waals surface area (Å²) in [5.74, 6) is 0.0697. The number of fused-ring (bicyclic) bond motifs is 1. The fourth-order valence-corrected chi connectivity index (χ4v) is 2.06. The topological polar surface area (TPSA) is 29.1 Å². The largest absolute Gasteiger partial charge is 0.352 e. The number of hydrogen-bond donors (Lipinski definition) is 1. The summed E-state index contributed by atoms with van der Waals surface area (Å²) in [5, 5.41) is 3.70. The molecule has 1 amide bonds. The maximum absolute atomic E-state index is 11.6. The molecule has 0 saturated heterocycles. The van der Waals surface area contributed by atoms with Gasteiger partial charge < -0.3 is 5.32 Å². The molecule has 0 spiro atoms. The molecular formula is C11H12BrNO. The number of halogens is 1. The molecule has 2 rings (SSSR count). The van der Waals surface area contributed by atoms with E-state index in [1.165, 1.54) is 5.56 Å². The van der Waals surface area contributed by atoms with Crippen LogP contribution in [0.2, 0.25) is 0 Å². The van der Waals surface area contributed by atoms with Crippen molar-refractivity contribution in [3.05, 3.63) is 34.9 Å². The molecule has 1 N–H and O–H groups in total. The Kier molecular flexibility index (Phi) is 2.87. The second kappa shape index (κ2) is 4.13. The number of nitrogens with one attached hydrogen (secondary N) is 1. The second-order valence-electron chi connectivity index (χ2n) is 3.48. The maximum atomic E-state index is 11.6. The van der Waals surface area contributed by atoms with Crippen LogP contribution in [0.1, 0.15) is 27.9 Å². The van der Waals surface area contributed by atoms with Crippen molar-refractivity contribution in [3.8, 4) is 0 Å². The van der Waals surface area contributed by atoms with Crippen molar-refractivity contribution in [2.24, 2.45) is 0 Å². The van der Waals surface area contributed by atoms with E-state index in [0.29, 0.717) is 0 Å². The zero-order valence-electron chi connectivity index (χ0n) is 7.85. The summed E-state index contributed by atoms with van der Waals surface area (Å²) in [6.07, 6.45) is 2.03. The van der Waals surface area contributed by atoms with Crippen LogP contribution < -0.4 is 5.32 Å². The molecule has 0 saturated carbocycles. The highest BCUT2D eigenvalue weighted by atomic mass is 79.9. The van der Waals surface area contributed by atoms with Crippen LogP contribution in [0.5, 0.6) is 0 Å². The van der Waals surface area contributed by atoms with E-state index in [1.807, 2.05) is 6.07 Å². The monoisotopic (exact) mass is 253 g/mol. The van der Waals surface area contributed by atoms with Crippen LogP contribution in [0, 0.1) is 0 Å². The minimum absolute atomic E-state index is 0.0697. The second-order valence-corrected chi connectivity index (χ2v) is 4.05. The van der Waals surface area contributed by atoms with Crippen molar-refractivity contribution in [2.75, 3.05) is 6.54 Å². The summed E-state index contributed by atoms with van der Waals surface area (Å²) in [7, 11) is 0. The number of amides is 1. The quantitative estimate of drug-likeness (QED) is 0.765.